The highest BCUT2D eigenvalue weighted by Gasteiger charge is 2.20. The molecule has 0 unspecified atom stereocenters. The summed E-state index contributed by atoms with van der Waals surface area (Å²) in [6.45, 7) is 3.93. The Hall–Kier alpha value is -2.06. The van der Waals surface area contributed by atoms with Crippen molar-refractivity contribution < 1.29 is 24.3 Å². The number of carboxylic acid groups (broad SMARTS) is 1. The highest BCUT2D eigenvalue weighted by molar-refractivity contribution is 8.23. The molecule has 0 spiro atoms. The van der Waals surface area contributed by atoms with Crippen LogP contribution in [0.5, 0.6) is 0 Å². The Kier molecular flexibility index (Phi) is 7.24. The van der Waals surface area contributed by atoms with Gasteiger partial charge in [-0.2, -0.15) is 0 Å². The number of hydrogen-bond donors (Lipinski definition) is 2. The first-order valence-corrected chi connectivity index (χ1v) is 8.39. The maximum atomic E-state index is 11.8. The quantitative estimate of drug-likeness (QED) is 0.560. The number of carbonyl (C=O) groups excluding carboxylic acids is 3. The maximum Gasteiger partial charge on any atom is 0.304 e. The lowest BCUT2D eigenvalue weighted by Gasteiger charge is -2.14. The van der Waals surface area contributed by atoms with Crippen LogP contribution in [0.25, 0.3) is 0 Å². The van der Waals surface area contributed by atoms with Gasteiger partial charge in [-0.05, 0) is 32.9 Å². The van der Waals surface area contributed by atoms with Gasteiger partial charge in [0.2, 0.25) is 0 Å². The molecule has 0 radical (unpaired) electrons. The van der Waals surface area contributed by atoms with Crippen LogP contribution >= 0.6 is 24.0 Å². The number of ketones is 3. The summed E-state index contributed by atoms with van der Waals surface area (Å²) in [4.78, 5) is 46.0. The van der Waals surface area contributed by atoms with Crippen LogP contribution < -0.4 is 5.32 Å². The molecule has 128 valence electrons. The van der Waals surface area contributed by atoms with Crippen molar-refractivity contribution in [2.45, 2.75) is 27.2 Å². The highest BCUT2D eigenvalue weighted by Crippen LogP contribution is 2.24. The number of thiocarbonyl (C=S) groups is 1. The van der Waals surface area contributed by atoms with E-state index in [-0.39, 0.29) is 40.5 Å². The monoisotopic (exact) mass is 367 g/mol. The van der Waals surface area contributed by atoms with Crippen LogP contribution in [0, 0.1) is 0 Å². The first-order chi connectivity index (χ1) is 11.1. The third-order valence-corrected chi connectivity index (χ3v) is 4.27. The fraction of sp³-hybridized carbons (Fsp3) is 0.312. The average molecular weight is 367 g/mol. The SMILES string of the molecule is CC(=O)c1cc(NC(=S)SCCC(=O)O)cc(C(C)=O)c1C(C)=O. The molecule has 1 rings (SSSR count). The minimum Gasteiger partial charge on any atom is -0.481 e. The van der Waals surface area contributed by atoms with Crippen LogP contribution in [0.1, 0.15) is 58.3 Å². The van der Waals surface area contributed by atoms with E-state index in [0.717, 1.165) is 11.8 Å². The summed E-state index contributed by atoms with van der Waals surface area (Å²) >= 11 is 6.25. The smallest absolute Gasteiger partial charge is 0.304 e. The summed E-state index contributed by atoms with van der Waals surface area (Å²) < 4.78 is 0.316. The van der Waals surface area contributed by atoms with E-state index in [0.29, 0.717) is 15.8 Å². The zero-order valence-electron chi connectivity index (χ0n) is 13.5. The second kappa shape index (κ2) is 8.70. The van der Waals surface area contributed by atoms with Gasteiger partial charge in [0.15, 0.2) is 17.3 Å². The number of thioether (sulfide) groups is 1. The fourth-order valence-electron chi connectivity index (χ4n) is 2.03. The number of anilines is 1. The summed E-state index contributed by atoms with van der Waals surface area (Å²) in [6.07, 6.45) is -0.0346. The van der Waals surface area contributed by atoms with E-state index in [2.05, 4.69) is 5.32 Å². The second-order valence-electron chi connectivity index (χ2n) is 5.02. The van der Waals surface area contributed by atoms with E-state index in [1.807, 2.05) is 0 Å². The number of carboxylic acids is 1. The van der Waals surface area contributed by atoms with Gasteiger partial charge in [0.25, 0.3) is 0 Å². The van der Waals surface area contributed by atoms with E-state index in [4.69, 9.17) is 17.3 Å². The van der Waals surface area contributed by atoms with Crippen LogP contribution in [0.3, 0.4) is 0 Å². The van der Waals surface area contributed by atoms with Gasteiger partial charge in [0.1, 0.15) is 4.32 Å². The number of benzene rings is 1. The molecule has 1 aromatic carbocycles. The lowest BCUT2D eigenvalue weighted by molar-refractivity contribution is -0.136. The van der Waals surface area contributed by atoms with Crippen molar-refractivity contribution in [3.63, 3.8) is 0 Å². The summed E-state index contributed by atoms with van der Waals surface area (Å²) in [5, 5.41) is 11.5. The van der Waals surface area contributed by atoms with Gasteiger partial charge in [-0.15, -0.1) is 0 Å². The number of aliphatic carboxylic acids is 1. The van der Waals surface area contributed by atoms with Gasteiger partial charge in [0.05, 0.1) is 6.42 Å². The minimum atomic E-state index is -0.922. The summed E-state index contributed by atoms with van der Waals surface area (Å²) in [5.41, 5.74) is 0.806. The average Bonchev–Trinajstić information content (AvgIpc) is 2.45. The zero-order chi connectivity index (χ0) is 18.4. The Balaban J connectivity index is 3.15. The van der Waals surface area contributed by atoms with Crippen molar-refractivity contribution >= 4 is 57.3 Å². The van der Waals surface area contributed by atoms with Gasteiger partial charge in [-0.3, -0.25) is 19.2 Å². The molecule has 0 aromatic heterocycles. The molecule has 0 saturated heterocycles. The lowest BCUT2D eigenvalue weighted by Crippen LogP contribution is -2.14. The Morgan fingerprint density at radius 2 is 1.54 bits per heavy atom. The molecule has 0 saturated carbocycles. The molecule has 0 aliphatic heterocycles. The standard InChI is InChI=1S/C16H17NO5S2/c1-8(18)12-6-11(17-16(23)24-5-4-14(21)22)7-13(9(2)19)15(12)10(3)20/h6-7H,4-5H2,1-3H3,(H,17,23)(H,21,22). The van der Waals surface area contributed by atoms with E-state index in [1.165, 1.54) is 32.9 Å². The molecule has 1 aromatic rings. The van der Waals surface area contributed by atoms with Crippen LogP contribution in [-0.2, 0) is 4.79 Å². The Labute approximate surface area is 149 Å². The summed E-state index contributed by atoms with van der Waals surface area (Å²) in [6, 6.07) is 2.94. The molecule has 0 heterocycles. The fourth-order valence-corrected chi connectivity index (χ4v) is 3.05. The molecule has 0 aliphatic carbocycles. The molecule has 0 amide bonds. The van der Waals surface area contributed by atoms with E-state index in [9.17, 15) is 19.2 Å². The molecule has 0 fully saturated rings. The van der Waals surface area contributed by atoms with Crippen molar-refractivity contribution in [3.05, 3.63) is 28.8 Å². The van der Waals surface area contributed by atoms with Crippen molar-refractivity contribution in [2.24, 2.45) is 0 Å². The third-order valence-electron chi connectivity index (χ3n) is 3.04. The number of nitrogens with one attached hydrogen (secondary N) is 1. The Bertz CT molecular complexity index is 692. The van der Waals surface area contributed by atoms with Crippen LogP contribution in [0.2, 0.25) is 0 Å². The van der Waals surface area contributed by atoms with E-state index >= 15 is 0 Å². The van der Waals surface area contributed by atoms with Crippen molar-refractivity contribution in [1.82, 2.24) is 0 Å². The molecular weight excluding hydrogens is 350 g/mol. The van der Waals surface area contributed by atoms with Crippen LogP contribution in [0.4, 0.5) is 5.69 Å². The first-order valence-electron chi connectivity index (χ1n) is 7.00. The number of carbonyl (C=O) groups is 4. The molecule has 6 nitrogen and oxygen atoms in total. The van der Waals surface area contributed by atoms with Gasteiger partial charge in [-0.1, -0.05) is 24.0 Å². The molecule has 0 atom stereocenters. The normalized spacial score (nSPS) is 10.1. The zero-order valence-corrected chi connectivity index (χ0v) is 15.1. The van der Waals surface area contributed by atoms with Crippen molar-refractivity contribution in [3.8, 4) is 0 Å². The molecule has 2 N–H and O–H groups in total. The van der Waals surface area contributed by atoms with Gasteiger partial charge in [-0.25, -0.2) is 0 Å². The summed E-state index contributed by atoms with van der Waals surface area (Å²) in [7, 11) is 0. The van der Waals surface area contributed by atoms with Crippen LogP contribution in [0.15, 0.2) is 12.1 Å². The topological polar surface area (TPSA) is 101 Å². The van der Waals surface area contributed by atoms with Gasteiger partial charge >= 0.3 is 5.97 Å². The number of hydrogen-bond acceptors (Lipinski definition) is 6. The molecule has 24 heavy (non-hydrogen) atoms. The molecule has 8 heteroatoms. The molecular formula is C16H17NO5S2. The van der Waals surface area contributed by atoms with E-state index in [1.54, 1.807) is 0 Å². The predicted octanol–water partition coefficient (Wildman–Crippen LogP) is 3.20. The Morgan fingerprint density at radius 1 is 1.04 bits per heavy atom. The number of rotatable bonds is 7. The van der Waals surface area contributed by atoms with Crippen LogP contribution in [-0.4, -0.2) is 38.5 Å². The molecule has 0 bridgehead atoms. The number of Topliss-reactive ketones (excluding diaryl/α,β-unsaturated/α-hetero) is 3. The first kappa shape index (κ1) is 20.0. The highest BCUT2D eigenvalue weighted by atomic mass is 32.2. The lowest BCUT2D eigenvalue weighted by atomic mass is 9.93. The van der Waals surface area contributed by atoms with Crippen molar-refractivity contribution in [2.75, 3.05) is 11.1 Å². The van der Waals surface area contributed by atoms with Gasteiger partial charge < -0.3 is 10.4 Å². The largest absolute Gasteiger partial charge is 0.481 e. The minimum absolute atomic E-state index is 0.0346. The third kappa shape index (κ3) is 5.54. The second-order valence-corrected chi connectivity index (χ2v) is 6.79. The van der Waals surface area contributed by atoms with Gasteiger partial charge in [0, 0.05) is 28.1 Å². The maximum absolute atomic E-state index is 11.8. The van der Waals surface area contributed by atoms with E-state index < -0.39 is 5.97 Å². The predicted molar refractivity (Wildman–Crippen MR) is 97.4 cm³/mol. The molecule has 0 aliphatic rings. The Morgan fingerprint density at radius 3 is 1.92 bits per heavy atom. The summed E-state index contributed by atoms with van der Waals surface area (Å²) in [5.74, 6) is -1.66. The van der Waals surface area contributed by atoms with Crippen molar-refractivity contribution in [1.29, 1.82) is 0 Å².